The molecule has 0 saturated carbocycles. The van der Waals surface area contributed by atoms with E-state index in [1.165, 1.54) is 13.0 Å². The first-order valence-corrected chi connectivity index (χ1v) is 6.40. The van der Waals surface area contributed by atoms with Crippen LogP contribution in [0.25, 0.3) is 0 Å². The second-order valence-corrected chi connectivity index (χ2v) is 4.79. The van der Waals surface area contributed by atoms with Gasteiger partial charge in [-0.05, 0) is 45.3 Å². The van der Waals surface area contributed by atoms with Gasteiger partial charge in [-0.1, -0.05) is 27.7 Å². The molecule has 0 unspecified atom stereocenters. The minimum absolute atomic E-state index is 0.0627. The molecule has 0 fully saturated rings. The van der Waals surface area contributed by atoms with Gasteiger partial charge in [-0.2, -0.15) is 0 Å². The molecule has 0 aliphatic heterocycles. The molecule has 0 aromatic rings. The van der Waals surface area contributed by atoms with E-state index in [1.54, 1.807) is 0 Å². The van der Waals surface area contributed by atoms with Crippen molar-refractivity contribution < 1.29 is 0 Å². The Bertz CT molecular complexity index is 128. The SMILES string of the molecule is CCN(CC)CCCC(Cl)(CC)CC. The van der Waals surface area contributed by atoms with E-state index in [2.05, 4.69) is 32.6 Å². The van der Waals surface area contributed by atoms with Gasteiger partial charge < -0.3 is 4.90 Å². The largest absolute Gasteiger partial charge is 0.304 e. The highest BCUT2D eigenvalue weighted by Crippen LogP contribution is 2.29. The van der Waals surface area contributed by atoms with Crippen LogP contribution in [0.4, 0.5) is 0 Å². The first kappa shape index (κ1) is 14.2. The van der Waals surface area contributed by atoms with Gasteiger partial charge in [0, 0.05) is 4.87 Å². The van der Waals surface area contributed by atoms with Gasteiger partial charge >= 0.3 is 0 Å². The van der Waals surface area contributed by atoms with Crippen LogP contribution in [0.5, 0.6) is 0 Å². The zero-order valence-corrected chi connectivity index (χ0v) is 11.0. The standard InChI is InChI=1S/C12H26ClN/c1-5-12(13,6-2)10-9-11-14(7-3)8-4/h5-11H2,1-4H3. The lowest BCUT2D eigenvalue weighted by Crippen LogP contribution is -2.26. The van der Waals surface area contributed by atoms with E-state index in [9.17, 15) is 0 Å². The van der Waals surface area contributed by atoms with Crippen LogP contribution in [-0.4, -0.2) is 29.4 Å². The normalized spacial score (nSPS) is 12.4. The van der Waals surface area contributed by atoms with Crippen LogP contribution < -0.4 is 0 Å². The number of alkyl halides is 1. The lowest BCUT2D eigenvalue weighted by Gasteiger charge is -2.25. The molecule has 0 spiro atoms. The molecule has 86 valence electrons. The van der Waals surface area contributed by atoms with Gasteiger partial charge in [-0.25, -0.2) is 0 Å². The molecule has 0 rings (SSSR count). The molecule has 0 aliphatic rings. The summed E-state index contributed by atoms with van der Waals surface area (Å²) in [5.41, 5.74) is 0. The van der Waals surface area contributed by atoms with Crippen LogP contribution >= 0.6 is 11.6 Å². The Morgan fingerprint density at radius 3 is 1.86 bits per heavy atom. The van der Waals surface area contributed by atoms with Gasteiger partial charge in [-0.3, -0.25) is 0 Å². The van der Waals surface area contributed by atoms with Crippen molar-refractivity contribution in [2.24, 2.45) is 0 Å². The summed E-state index contributed by atoms with van der Waals surface area (Å²) in [6.07, 6.45) is 4.55. The topological polar surface area (TPSA) is 3.24 Å². The first-order valence-electron chi connectivity index (χ1n) is 6.03. The summed E-state index contributed by atoms with van der Waals surface area (Å²) < 4.78 is 0. The van der Waals surface area contributed by atoms with Gasteiger partial charge in [-0.15, -0.1) is 11.6 Å². The van der Waals surface area contributed by atoms with Crippen LogP contribution in [0, 0.1) is 0 Å². The van der Waals surface area contributed by atoms with Gasteiger partial charge in [0.05, 0.1) is 0 Å². The number of halogens is 1. The number of nitrogens with zero attached hydrogens (tertiary/aromatic N) is 1. The molecule has 0 bridgehead atoms. The summed E-state index contributed by atoms with van der Waals surface area (Å²) in [4.78, 5) is 2.52. The first-order chi connectivity index (χ1) is 6.61. The Labute approximate surface area is 94.8 Å². The molecule has 1 nitrogen and oxygen atoms in total. The molecule has 0 aromatic heterocycles. The summed E-state index contributed by atoms with van der Waals surface area (Å²) >= 11 is 6.46. The molecule has 0 radical (unpaired) electrons. The fourth-order valence-corrected chi connectivity index (χ4v) is 1.90. The van der Waals surface area contributed by atoms with Crippen molar-refractivity contribution in [1.29, 1.82) is 0 Å². The molecular formula is C12H26ClN. The van der Waals surface area contributed by atoms with E-state index in [0.717, 1.165) is 32.4 Å². The Balaban J connectivity index is 3.70. The van der Waals surface area contributed by atoms with E-state index < -0.39 is 0 Å². The molecular weight excluding hydrogens is 194 g/mol. The van der Waals surface area contributed by atoms with Gasteiger partial charge in [0.1, 0.15) is 0 Å². The van der Waals surface area contributed by atoms with Crippen molar-refractivity contribution in [2.75, 3.05) is 19.6 Å². The maximum Gasteiger partial charge on any atom is 0.0442 e. The zero-order chi connectivity index (χ0) is 11.0. The third kappa shape index (κ3) is 5.21. The summed E-state index contributed by atoms with van der Waals surface area (Å²) in [7, 11) is 0. The van der Waals surface area contributed by atoms with Crippen molar-refractivity contribution in [1.82, 2.24) is 4.90 Å². The summed E-state index contributed by atoms with van der Waals surface area (Å²) in [6, 6.07) is 0. The average Bonchev–Trinajstić information content (AvgIpc) is 2.24. The fraction of sp³-hybridized carbons (Fsp3) is 1.00. The Hall–Kier alpha value is 0.250. The van der Waals surface area contributed by atoms with Gasteiger partial charge in [0.2, 0.25) is 0 Å². The smallest absolute Gasteiger partial charge is 0.0442 e. The van der Waals surface area contributed by atoms with Crippen LogP contribution in [0.1, 0.15) is 53.4 Å². The van der Waals surface area contributed by atoms with Crippen molar-refractivity contribution >= 4 is 11.6 Å². The van der Waals surface area contributed by atoms with Crippen molar-refractivity contribution in [3.63, 3.8) is 0 Å². The monoisotopic (exact) mass is 219 g/mol. The lowest BCUT2D eigenvalue weighted by atomic mass is 9.96. The molecule has 0 aromatic carbocycles. The maximum atomic E-state index is 6.46. The average molecular weight is 220 g/mol. The zero-order valence-electron chi connectivity index (χ0n) is 10.3. The minimum Gasteiger partial charge on any atom is -0.304 e. The Kier molecular flexibility index (Phi) is 7.66. The predicted octanol–water partition coefficient (Wildman–Crippen LogP) is 3.91. The minimum atomic E-state index is 0.0627. The van der Waals surface area contributed by atoms with Gasteiger partial charge in [0.25, 0.3) is 0 Å². The molecule has 0 aliphatic carbocycles. The van der Waals surface area contributed by atoms with Crippen LogP contribution in [0.2, 0.25) is 0 Å². The lowest BCUT2D eigenvalue weighted by molar-refractivity contribution is 0.287. The highest BCUT2D eigenvalue weighted by atomic mass is 35.5. The molecule has 14 heavy (non-hydrogen) atoms. The second kappa shape index (κ2) is 7.53. The molecule has 0 heterocycles. The summed E-state index contributed by atoms with van der Waals surface area (Å²) in [5.74, 6) is 0. The van der Waals surface area contributed by atoms with Crippen molar-refractivity contribution in [3.05, 3.63) is 0 Å². The second-order valence-electron chi connectivity index (χ2n) is 3.99. The van der Waals surface area contributed by atoms with Crippen molar-refractivity contribution in [2.45, 2.75) is 58.3 Å². The van der Waals surface area contributed by atoms with Crippen LogP contribution in [0.3, 0.4) is 0 Å². The molecule has 0 N–H and O–H groups in total. The van der Waals surface area contributed by atoms with E-state index in [0.29, 0.717) is 0 Å². The Morgan fingerprint density at radius 1 is 1.00 bits per heavy atom. The van der Waals surface area contributed by atoms with Crippen molar-refractivity contribution in [3.8, 4) is 0 Å². The van der Waals surface area contributed by atoms with Gasteiger partial charge in [0.15, 0.2) is 0 Å². The van der Waals surface area contributed by atoms with E-state index in [1.807, 2.05) is 0 Å². The molecule has 0 saturated heterocycles. The quantitative estimate of drug-likeness (QED) is 0.560. The number of rotatable bonds is 8. The molecule has 2 heteroatoms. The highest BCUT2D eigenvalue weighted by Gasteiger charge is 2.21. The fourth-order valence-electron chi connectivity index (χ4n) is 1.76. The molecule has 0 atom stereocenters. The van der Waals surface area contributed by atoms with Crippen LogP contribution in [0.15, 0.2) is 0 Å². The van der Waals surface area contributed by atoms with Crippen LogP contribution in [-0.2, 0) is 0 Å². The van der Waals surface area contributed by atoms with E-state index in [4.69, 9.17) is 11.6 Å². The highest BCUT2D eigenvalue weighted by molar-refractivity contribution is 6.23. The predicted molar refractivity (Wildman–Crippen MR) is 66.2 cm³/mol. The van der Waals surface area contributed by atoms with E-state index in [-0.39, 0.29) is 4.87 Å². The molecule has 0 amide bonds. The Morgan fingerprint density at radius 2 is 1.50 bits per heavy atom. The third-order valence-corrected chi connectivity index (χ3v) is 3.98. The van der Waals surface area contributed by atoms with E-state index >= 15 is 0 Å². The number of hydrogen-bond donors (Lipinski definition) is 0. The third-order valence-electron chi connectivity index (χ3n) is 3.26. The maximum absolute atomic E-state index is 6.46. The number of hydrogen-bond acceptors (Lipinski definition) is 1. The summed E-state index contributed by atoms with van der Waals surface area (Å²) in [6.45, 7) is 12.3. The summed E-state index contributed by atoms with van der Waals surface area (Å²) in [5, 5.41) is 0.